The summed E-state index contributed by atoms with van der Waals surface area (Å²) in [5.41, 5.74) is 3.76. The number of aromatic nitrogens is 3. The minimum atomic E-state index is 0.141. The van der Waals surface area contributed by atoms with Gasteiger partial charge in [-0.25, -0.2) is 0 Å². The number of aromatic amines is 1. The molecule has 0 spiro atoms. The quantitative estimate of drug-likeness (QED) is 0.601. The Morgan fingerprint density at radius 2 is 2.12 bits per heavy atom. The largest absolute Gasteiger partial charge is 0.454 e. The third kappa shape index (κ3) is 2.61. The second-order valence-corrected chi connectivity index (χ2v) is 5.93. The predicted molar refractivity (Wildman–Crippen MR) is 90.2 cm³/mol. The van der Waals surface area contributed by atoms with Crippen LogP contribution in [-0.4, -0.2) is 27.3 Å². The molecule has 6 nitrogen and oxygen atoms in total. The number of nitrogens with one attached hydrogen (secondary N) is 1. The molecule has 122 valence electrons. The molecule has 1 N–H and O–H groups in total. The summed E-state index contributed by atoms with van der Waals surface area (Å²) in [6, 6.07) is 12.0. The minimum Gasteiger partial charge on any atom is -0.454 e. The molecular weight excluding hydrogens is 304 g/mol. The molecule has 1 aromatic carbocycles. The first-order valence-electron chi connectivity index (χ1n) is 7.84. The monoisotopic (exact) mass is 322 g/mol. The van der Waals surface area contributed by atoms with Gasteiger partial charge in [0.25, 0.3) is 0 Å². The number of fused-ring (bicyclic) bond motifs is 1. The summed E-state index contributed by atoms with van der Waals surface area (Å²) in [7, 11) is 2.05. The van der Waals surface area contributed by atoms with Crippen molar-refractivity contribution in [3.63, 3.8) is 0 Å². The molecule has 1 atom stereocenters. The summed E-state index contributed by atoms with van der Waals surface area (Å²) in [6.07, 6.45) is 3.44. The van der Waals surface area contributed by atoms with Crippen molar-refractivity contribution < 1.29 is 8.94 Å². The zero-order valence-electron chi connectivity index (χ0n) is 13.6. The van der Waals surface area contributed by atoms with E-state index in [1.54, 1.807) is 6.26 Å². The highest BCUT2D eigenvalue weighted by atomic mass is 16.5. The van der Waals surface area contributed by atoms with Crippen LogP contribution in [0.25, 0.3) is 22.4 Å². The van der Waals surface area contributed by atoms with E-state index >= 15 is 0 Å². The molecule has 3 aromatic heterocycles. The van der Waals surface area contributed by atoms with Gasteiger partial charge in [-0.3, -0.25) is 10.00 Å². The van der Waals surface area contributed by atoms with Crippen LogP contribution in [0.5, 0.6) is 0 Å². The Labute approximate surface area is 139 Å². The van der Waals surface area contributed by atoms with E-state index in [2.05, 4.69) is 34.2 Å². The molecule has 4 aromatic rings. The first-order valence-corrected chi connectivity index (χ1v) is 7.84. The maximum Gasteiger partial charge on any atom is 0.153 e. The van der Waals surface area contributed by atoms with Gasteiger partial charge in [0.15, 0.2) is 5.76 Å². The summed E-state index contributed by atoms with van der Waals surface area (Å²) < 4.78 is 10.9. The van der Waals surface area contributed by atoms with Crippen molar-refractivity contribution in [2.75, 3.05) is 7.05 Å². The maximum absolute atomic E-state index is 5.95. The fraction of sp³-hybridized carbons (Fsp3) is 0.222. The van der Waals surface area contributed by atoms with E-state index in [1.165, 1.54) is 0 Å². The molecule has 3 heterocycles. The Bertz CT molecular complexity index is 906. The second-order valence-electron chi connectivity index (χ2n) is 5.93. The van der Waals surface area contributed by atoms with E-state index < -0.39 is 0 Å². The minimum absolute atomic E-state index is 0.141. The third-order valence-corrected chi connectivity index (χ3v) is 4.36. The van der Waals surface area contributed by atoms with Crippen LogP contribution in [0.4, 0.5) is 0 Å². The summed E-state index contributed by atoms with van der Waals surface area (Å²) >= 11 is 0. The van der Waals surface area contributed by atoms with Gasteiger partial charge < -0.3 is 8.94 Å². The van der Waals surface area contributed by atoms with Crippen LogP contribution in [0.2, 0.25) is 0 Å². The fourth-order valence-electron chi connectivity index (χ4n) is 2.82. The van der Waals surface area contributed by atoms with Crippen LogP contribution in [-0.2, 0) is 6.54 Å². The summed E-state index contributed by atoms with van der Waals surface area (Å²) in [4.78, 5) is 2.19. The van der Waals surface area contributed by atoms with Crippen molar-refractivity contribution in [2.24, 2.45) is 0 Å². The maximum atomic E-state index is 5.95. The van der Waals surface area contributed by atoms with Gasteiger partial charge in [-0.1, -0.05) is 23.4 Å². The van der Waals surface area contributed by atoms with Gasteiger partial charge in [-0.05, 0) is 26.1 Å². The lowest BCUT2D eigenvalue weighted by atomic mass is 10.1. The number of rotatable bonds is 5. The van der Waals surface area contributed by atoms with Crippen molar-refractivity contribution in [1.82, 2.24) is 20.3 Å². The lowest BCUT2D eigenvalue weighted by Crippen LogP contribution is -2.22. The van der Waals surface area contributed by atoms with Crippen LogP contribution in [0, 0.1) is 0 Å². The predicted octanol–water partition coefficient (Wildman–Crippen LogP) is 4.00. The molecular formula is C18H18N4O2. The molecule has 0 aliphatic rings. The van der Waals surface area contributed by atoms with Gasteiger partial charge in [0, 0.05) is 23.6 Å². The molecule has 0 aliphatic heterocycles. The number of para-hydroxylation sites is 1. The molecule has 6 heteroatoms. The molecule has 24 heavy (non-hydrogen) atoms. The zero-order chi connectivity index (χ0) is 16.5. The lowest BCUT2D eigenvalue weighted by Gasteiger charge is -2.22. The third-order valence-electron chi connectivity index (χ3n) is 4.36. The first-order chi connectivity index (χ1) is 11.7. The second kappa shape index (κ2) is 5.98. The summed E-state index contributed by atoms with van der Waals surface area (Å²) in [5.74, 6) is 0.797. The van der Waals surface area contributed by atoms with Crippen molar-refractivity contribution in [2.45, 2.75) is 19.5 Å². The summed E-state index contributed by atoms with van der Waals surface area (Å²) in [5, 5.41) is 12.4. The molecule has 0 bridgehead atoms. The van der Waals surface area contributed by atoms with Crippen LogP contribution >= 0.6 is 0 Å². The number of hydrogen-bond donors (Lipinski definition) is 1. The van der Waals surface area contributed by atoms with Gasteiger partial charge in [0.05, 0.1) is 12.2 Å². The number of benzene rings is 1. The number of furan rings is 1. The van der Waals surface area contributed by atoms with Gasteiger partial charge in [-0.2, -0.15) is 5.10 Å². The highest BCUT2D eigenvalue weighted by Gasteiger charge is 2.19. The molecule has 0 aliphatic carbocycles. The zero-order valence-corrected chi connectivity index (χ0v) is 13.6. The molecule has 0 amide bonds. The van der Waals surface area contributed by atoms with Crippen molar-refractivity contribution in [3.8, 4) is 11.5 Å². The highest BCUT2D eigenvalue weighted by molar-refractivity contribution is 5.82. The topological polar surface area (TPSA) is 71.1 Å². The van der Waals surface area contributed by atoms with Gasteiger partial charge in [0.2, 0.25) is 0 Å². The standard InChI is InChI=1S/C18H18N4O2/c1-12(15-7-8-23-21-15)22(2)11-14-10-19-20-18(14)17-9-13-5-3-4-6-16(13)24-17/h3-10,12H,11H2,1-2H3,(H,19,20). The summed E-state index contributed by atoms with van der Waals surface area (Å²) in [6.45, 7) is 2.82. The van der Waals surface area contributed by atoms with E-state index in [-0.39, 0.29) is 6.04 Å². The van der Waals surface area contributed by atoms with Crippen molar-refractivity contribution >= 4 is 11.0 Å². The normalized spacial score (nSPS) is 13.0. The van der Waals surface area contributed by atoms with E-state index in [4.69, 9.17) is 8.94 Å². The molecule has 0 radical (unpaired) electrons. The first kappa shape index (κ1) is 14.7. The SMILES string of the molecule is CC(c1ccon1)N(C)Cc1cn[nH]c1-c1cc2ccccc2o1. The molecule has 0 saturated heterocycles. The Kier molecular flexibility index (Phi) is 3.66. The van der Waals surface area contributed by atoms with Crippen LogP contribution < -0.4 is 0 Å². The van der Waals surface area contributed by atoms with E-state index in [0.29, 0.717) is 0 Å². The van der Waals surface area contributed by atoms with Crippen LogP contribution in [0.1, 0.15) is 24.2 Å². The molecule has 4 rings (SSSR count). The van der Waals surface area contributed by atoms with E-state index in [1.807, 2.05) is 42.6 Å². The number of H-pyrrole nitrogens is 1. The fourth-order valence-corrected chi connectivity index (χ4v) is 2.82. The van der Waals surface area contributed by atoms with Crippen LogP contribution in [0.15, 0.2) is 57.8 Å². The number of hydrogen-bond acceptors (Lipinski definition) is 5. The van der Waals surface area contributed by atoms with E-state index in [0.717, 1.165) is 40.2 Å². The Morgan fingerprint density at radius 3 is 2.92 bits per heavy atom. The van der Waals surface area contributed by atoms with Crippen molar-refractivity contribution in [1.29, 1.82) is 0 Å². The lowest BCUT2D eigenvalue weighted by molar-refractivity contribution is 0.241. The van der Waals surface area contributed by atoms with Gasteiger partial charge >= 0.3 is 0 Å². The van der Waals surface area contributed by atoms with E-state index in [9.17, 15) is 0 Å². The van der Waals surface area contributed by atoms with Gasteiger partial charge in [-0.15, -0.1) is 0 Å². The average Bonchev–Trinajstić information content (AvgIpc) is 3.33. The average molecular weight is 322 g/mol. The van der Waals surface area contributed by atoms with Gasteiger partial charge in [0.1, 0.15) is 23.2 Å². The molecule has 1 unspecified atom stereocenters. The smallest absolute Gasteiger partial charge is 0.153 e. The van der Waals surface area contributed by atoms with Crippen molar-refractivity contribution in [3.05, 3.63) is 60.1 Å². The molecule has 0 saturated carbocycles. The van der Waals surface area contributed by atoms with Crippen LogP contribution in [0.3, 0.4) is 0 Å². The highest BCUT2D eigenvalue weighted by Crippen LogP contribution is 2.30. The Morgan fingerprint density at radius 1 is 1.25 bits per heavy atom. The molecule has 0 fully saturated rings. The Hall–Kier alpha value is -2.86. The Balaban J connectivity index is 1.60. The number of nitrogens with zero attached hydrogens (tertiary/aromatic N) is 3.